The van der Waals surface area contributed by atoms with Crippen molar-refractivity contribution in [2.75, 3.05) is 13.1 Å². The largest absolute Gasteiger partial charge is 0.460 e. The third-order valence-corrected chi connectivity index (χ3v) is 3.42. The summed E-state index contributed by atoms with van der Waals surface area (Å²) in [6.45, 7) is 6.67. The minimum Gasteiger partial charge on any atom is -0.460 e. The summed E-state index contributed by atoms with van der Waals surface area (Å²) in [6, 6.07) is 0. The molecule has 0 spiro atoms. The van der Waals surface area contributed by atoms with Crippen LogP contribution in [-0.4, -0.2) is 41.4 Å². The number of nitrogens with zero attached hydrogens (tertiary/aromatic N) is 1. The monoisotopic (exact) mass is 298 g/mol. The van der Waals surface area contributed by atoms with Crippen LogP contribution in [0.3, 0.4) is 0 Å². The van der Waals surface area contributed by atoms with Gasteiger partial charge in [0.25, 0.3) is 0 Å². The number of piperidine rings is 1. The van der Waals surface area contributed by atoms with Crippen molar-refractivity contribution in [1.29, 1.82) is 0 Å². The van der Waals surface area contributed by atoms with E-state index in [2.05, 4.69) is 0 Å². The Balaban J connectivity index is 2.28. The number of esters is 1. The highest BCUT2D eigenvalue weighted by Gasteiger charge is 2.24. The summed E-state index contributed by atoms with van der Waals surface area (Å²) in [5.41, 5.74) is 4.66. The lowest BCUT2D eigenvalue weighted by Gasteiger charge is -2.31. The van der Waals surface area contributed by atoms with E-state index in [0.717, 1.165) is 12.8 Å². The predicted molar refractivity (Wildman–Crippen MR) is 78.2 cm³/mol. The number of likely N-dealkylation sites (tertiary alicyclic amines) is 1. The fraction of sp³-hybridized carbons (Fsp3) is 0.800. The fourth-order valence-electron chi connectivity index (χ4n) is 2.43. The number of carbonyl (C=O) groups is 3. The molecule has 0 aromatic heterocycles. The van der Waals surface area contributed by atoms with E-state index in [1.54, 1.807) is 25.7 Å². The lowest BCUT2D eigenvalue weighted by molar-refractivity contribution is -0.156. The number of carbonyl (C=O) groups excluding carboxylic acids is 3. The maximum Gasteiger partial charge on any atom is 0.306 e. The first-order chi connectivity index (χ1) is 9.67. The van der Waals surface area contributed by atoms with E-state index in [4.69, 9.17) is 10.5 Å². The van der Waals surface area contributed by atoms with Crippen molar-refractivity contribution in [2.24, 2.45) is 11.7 Å². The van der Waals surface area contributed by atoms with Gasteiger partial charge in [0.2, 0.25) is 11.8 Å². The Labute approximate surface area is 126 Å². The van der Waals surface area contributed by atoms with Crippen molar-refractivity contribution in [3.63, 3.8) is 0 Å². The molecule has 1 heterocycles. The van der Waals surface area contributed by atoms with Gasteiger partial charge in [0.05, 0.1) is 6.42 Å². The topological polar surface area (TPSA) is 89.7 Å². The second-order valence-electron chi connectivity index (χ2n) is 6.58. The van der Waals surface area contributed by atoms with Gasteiger partial charge < -0.3 is 15.4 Å². The molecule has 0 aromatic rings. The lowest BCUT2D eigenvalue weighted by Crippen LogP contribution is -2.39. The van der Waals surface area contributed by atoms with E-state index in [-0.39, 0.29) is 36.5 Å². The van der Waals surface area contributed by atoms with E-state index < -0.39 is 5.60 Å². The first-order valence-corrected chi connectivity index (χ1v) is 7.45. The summed E-state index contributed by atoms with van der Waals surface area (Å²) < 4.78 is 5.18. The van der Waals surface area contributed by atoms with Crippen LogP contribution < -0.4 is 5.73 Å². The maximum atomic E-state index is 12.0. The molecule has 6 nitrogen and oxygen atoms in total. The Morgan fingerprint density at radius 1 is 1.14 bits per heavy atom. The van der Waals surface area contributed by atoms with Gasteiger partial charge in [0, 0.05) is 25.9 Å². The van der Waals surface area contributed by atoms with Crippen LogP contribution in [0.15, 0.2) is 0 Å². The van der Waals surface area contributed by atoms with Crippen molar-refractivity contribution in [2.45, 2.75) is 58.5 Å². The molecule has 21 heavy (non-hydrogen) atoms. The molecule has 1 aliphatic heterocycles. The first kappa shape index (κ1) is 17.5. The maximum absolute atomic E-state index is 12.0. The van der Waals surface area contributed by atoms with E-state index in [9.17, 15) is 14.4 Å². The molecule has 0 saturated carbocycles. The Bertz CT molecular complexity index is 393. The van der Waals surface area contributed by atoms with Gasteiger partial charge >= 0.3 is 5.97 Å². The highest BCUT2D eigenvalue weighted by atomic mass is 16.6. The van der Waals surface area contributed by atoms with Gasteiger partial charge in [0.1, 0.15) is 5.60 Å². The molecule has 0 bridgehead atoms. The zero-order valence-electron chi connectivity index (χ0n) is 13.2. The standard InChI is InChI=1S/C15H26N2O4/c1-15(2,3)21-14(20)5-4-13(19)17-8-6-11(7-9-17)10-12(16)18/h11H,4-10H2,1-3H3,(H2,16,18). The van der Waals surface area contributed by atoms with Crippen molar-refractivity contribution >= 4 is 17.8 Å². The van der Waals surface area contributed by atoms with Gasteiger partial charge in [-0.05, 0) is 39.5 Å². The van der Waals surface area contributed by atoms with Crippen LogP contribution in [0.25, 0.3) is 0 Å². The molecule has 6 heteroatoms. The van der Waals surface area contributed by atoms with Gasteiger partial charge in [-0.3, -0.25) is 14.4 Å². The van der Waals surface area contributed by atoms with Gasteiger partial charge in [-0.1, -0.05) is 0 Å². The summed E-state index contributed by atoms with van der Waals surface area (Å²) >= 11 is 0. The molecule has 1 rings (SSSR count). The third-order valence-electron chi connectivity index (χ3n) is 3.42. The molecular weight excluding hydrogens is 272 g/mol. The molecule has 1 fully saturated rings. The normalized spacial score (nSPS) is 16.6. The third kappa shape index (κ3) is 7.11. The SMILES string of the molecule is CC(C)(C)OC(=O)CCC(=O)N1CCC(CC(N)=O)CC1. The Hall–Kier alpha value is -1.59. The van der Waals surface area contributed by atoms with Gasteiger partial charge in [-0.25, -0.2) is 0 Å². The number of nitrogens with two attached hydrogens (primary N) is 1. The summed E-state index contributed by atoms with van der Waals surface area (Å²) in [7, 11) is 0. The predicted octanol–water partition coefficient (Wildman–Crippen LogP) is 1.22. The summed E-state index contributed by atoms with van der Waals surface area (Å²) in [4.78, 5) is 36.2. The van der Waals surface area contributed by atoms with Crippen LogP contribution in [0.5, 0.6) is 0 Å². The lowest BCUT2D eigenvalue weighted by atomic mass is 9.93. The molecule has 1 aliphatic rings. The van der Waals surface area contributed by atoms with Crippen LogP contribution >= 0.6 is 0 Å². The average Bonchev–Trinajstić information content (AvgIpc) is 2.34. The number of amides is 2. The molecule has 0 aliphatic carbocycles. The van der Waals surface area contributed by atoms with Crippen LogP contribution in [0.4, 0.5) is 0 Å². The fourth-order valence-corrected chi connectivity index (χ4v) is 2.43. The number of hydrogen-bond donors (Lipinski definition) is 1. The average molecular weight is 298 g/mol. The molecule has 0 radical (unpaired) electrons. The highest BCUT2D eigenvalue weighted by Crippen LogP contribution is 2.21. The van der Waals surface area contributed by atoms with Gasteiger partial charge in [-0.15, -0.1) is 0 Å². The molecule has 2 N–H and O–H groups in total. The van der Waals surface area contributed by atoms with Crippen molar-refractivity contribution in [3.05, 3.63) is 0 Å². The second-order valence-corrected chi connectivity index (χ2v) is 6.58. The van der Waals surface area contributed by atoms with E-state index >= 15 is 0 Å². The molecule has 1 saturated heterocycles. The quantitative estimate of drug-likeness (QED) is 0.773. The van der Waals surface area contributed by atoms with Crippen LogP contribution in [0, 0.1) is 5.92 Å². The van der Waals surface area contributed by atoms with Crippen LogP contribution in [0.2, 0.25) is 0 Å². The Morgan fingerprint density at radius 2 is 1.71 bits per heavy atom. The second kappa shape index (κ2) is 7.43. The van der Waals surface area contributed by atoms with Gasteiger partial charge in [-0.2, -0.15) is 0 Å². The number of rotatable bonds is 5. The molecule has 0 unspecified atom stereocenters. The number of hydrogen-bond acceptors (Lipinski definition) is 4. The summed E-state index contributed by atoms with van der Waals surface area (Å²) in [5.74, 6) is -0.389. The molecule has 2 amide bonds. The highest BCUT2D eigenvalue weighted by molar-refractivity contribution is 5.81. The zero-order valence-corrected chi connectivity index (χ0v) is 13.2. The summed E-state index contributed by atoms with van der Waals surface area (Å²) in [5, 5.41) is 0. The van der Waals surface area contributed by atoms with Crippen molar-refractivity contribution in [1.82, 2.24) is 4.90 Å². The van der Waals surface area contributed by atoms with Crippen molar-refractivity contribution < 1.29 is 19.1 Å². The molecule has 0 atom stereocenters. The minimum absolute atomic E-state index is 0.0293. The Morgan fingerprint density at radius 3 is 2.19 bits per heavy atom. The number of ether oxygens (including phenoxy) is 1. The van der Waals surface area contributed by atoms with Crippen LogP contribution in [0.1, 0.15) is 52.9 Å². The van der Waals surface area contributed by atoms with Crippen molar-refractivity contribution in [3.8, 4) is 0 Å². The Kier molecular flexibility index (Phi) is 6.18. The molecule has 0 aromatic carbocycles. The summed E-state index contributed by atoms with van der Waals surface area (Å²) in [6.07, 6.45) is 2.26. The smallest absolute Gasteiger partial charge is 0.306 e. The minimum atomic E-state index is -0.521. The van der Waals surface area contributed by atoms with Gasteiger partial charge in [0.15, 0.2) is 0 Å². The van der Waals surface area contributed by atoms with E-state index in [1.165, 1.54) is 0 Å². The molecule has 120 valence electrons. The van der Waals surface area contributed by atoms with Crippen LogP contribution in [-0.2, 0) is 19.1 Å². The first-order valence-electron chi connectivity index (χ1n) is 7.45. The number of primary amides is 1. The zero-order chi connectivity index (χ0) is 16.0. The molecular formula is C15H26N2O4. The van der Waals surface area contributed by atoms with E-state index in [0.29, 0.717) is 19.5 Å². The van der Waals surface area contributed by atoms with E-state index in [1.807, 2.05) is 0 Å².